The maximum Gasteiger partial charge on any atom is 0.0213 e. The van der Waals surface area contributed by atoms with Crippen LogP contribution < -0.4 is 0 Å². The minimum absolute atomic E-state index is 0.296. The van der Waals surface area contributed by atoms with Crippen molar-refractivity contribution in [2.45, 2.75) is 42.2 Å². The molecule has 1 aromatic rings. The van der Waals surface area contributed by atoms with E-state index in [4.69, 9.17) is 0 Å². The molecule has 0 bridgehead atoms. The summed E-state index contributed by atoms with van der Waals surface area (Å²) in [4.78, 5) is 2.82. The molecule has 0 aromatic heterocycles. The van der Waals surface area contributed by atoms with Crippen molar-refractivity contribution in [3.05, 3.63) is 24.3 Å². The van der Waals surface area contributed by atoms with Gasteiger partial charge in [0.15, 0.2) is 0 Å². The second-order valence-corrected chi connectivity index (χ2v) is 7.27. The third-order valence-electron chi connectivity index (χ3n) is 1.57. The lowest BCUT2D eigenvalue weighted by atomic mass is 10.3. The fourth-order valence-electron chi connectivity index (χ4n) is 1.14. The molecule has 0 aliphatic heterocycles. The molecular formula is C12H18S2. The Morgan fingerprint density at radius 2 is 1.64 bits per heavy atom. The average Bonchev–Trinajstić information content (AvgIpc) is 2.06. The van der Waals surface area contributed by atoms with Gasteiger partial charge in [0.05, 0.1) is 0 Å². The highest BCUT2D eigenvalue weighted by Gasteiger charge is 2.14. The van der Waals surface area contributed by atoms with Gasteiger partial charge >= 0.3 is 0 Å². The minimum Gasteiger partial charge on any atom is -0.125 e. The number of hydrogen-bond acceptors (Lipinski definition) is 2. The van der Waals surface area contributed by atoms with Crippen molar-refractivity contribution in [1.29, 1.82) is 0 Å². The van der Waals surface area contributed by atoms with Crippen molar-refractivity contribution in [1.82, 2.24) is 0 Å². The lowest BCUT2D eigenvalue weighted by Gasteiger charge is -2.19. The third-order valence-corrected chi connectivity index (χ3v) is 3.84. The molecule has 0 unspecified atom stereocenters. The topological polar surface area (TPSA) is 0 Å². The Morgan fingerprint density at radius 3 is 2.14 bits per heavy atom. The number of hydrogen-bond donors (Lipinski definition) is 0. The van der Waals surface area contributed by atoms with Crippen molar-refractivity contribution in [2.24, 2.45) is 0 Å². The zero-order valence-corrected chi connectivity index (χ0v) is 11.0. The van der Waals surface area contributed by atoms with Gasteiger partial charge in [0.25, 0.3) is 0 Å². The maximum atomic E-state index is 2.26. The summed E-state index contributed by atoms with van der Waals surface area (Å²) in [5, 5.41) is 0. The molecule has 78 valence electrons. The van der Waals surface area contributed by atoms with Crippen molar-refractivity contribution in [3.8, 4) is 0 Å². The van der Waals surface area contributed by atoms with Crippen LogP contribution >= 0.6 is 23.5 Å². The van der Waals surface area contributed by atoms with Crippen LogP contribution in [0.2, 0.25) is 0 Å². The van der Waals surface area contributed by atoms with E-state index >= 15 is 0 Å². The lowest BCUT2D eigenvalue weighted by Crippen LogP contribution is -2.06. The summed E-state index contributed by atoms with van der Waals surface area (Å²) >= 11 is 3.87. The smallest absolute Gasteiger partial charge is 0.0213 e. The fourth-order valence-corrected chi connectivity index (χ4v) is 3.11. The predicted octanol–water partition coefficient (Wildman–Crippen LogP) is 4.69. The van der Waals surface area contributed by atoms with E-state index in [0.717, 1.165) is 5.75 Å². The molecule has 2 heteroatoms. The van der Waals surface area contributed by atoms with Crippen LogP contribution in [0.5, 0.6) is 0 Å². The number of rotatable bonds is 3. The Balaban J connectivity index is 2.84. The van der Waals surface area contributed by atoms with Gasteiger partial charge in [-0.1, -0.05) is 39.8 Å². The predicted molar refractivity (Wildman–Crippen MR) is 68.5 cm³/mol. The monoisotopic (exact) mass is 226 g/mol. The first-order valence-corrected chi connectivity index (χ1v) is 6.74. The van der Waals surface area contributed by atoms with E-state index in [1.165, 1.54) is 9.79 Å². The zero-order chi connectivity index (χ0) is 10.6. The molecular weight excluding hydrogens is 208 g/mol. The van der Waals surface area contributed by atoms with Crippen LogP contribution in [0, 0.1) is 0 Å². The highest BCUT2D eigenvalue weighted by molar-refractivity contribution is 8.03. The molecule has 1 rings (SSSR count). The Kier molecular flexibility index (Phi) is 4.39. The first-order chi connectivity index (χ1) is 6.53. The molecule has 0 radical (unpaired) electrons. The molecule has 0 heterocycles. The first-order valence-electron chi connectivity index (χ1n) is 4.94. The normalized spacial score (nSPS) is 11.7. The summed E-state index contributed by atoms with van der Waals surface area (Å²) in [6.07, 6.45) is 0. The SMILES string of the molecule is CCSc1ccccc1SC(C)(C)C. The molecule has 14 heavy (non-hydrogen) atoms. The van der Waals surface area contributed by atoms with E-state index in [0.29, 0.717) is 4.75 Å². The number of benzene rings is 1. The number of thioether (sulfide) groups is 2. The van der Waals surface area contributed by atoms with E-state index in [1.54, 1.807) is 0 Å². The van der Waals surface area contributed by atoms with Gasteiger partial charge in [-0.15, -0.1) is 23.5 Å². The zero-order valence-electron chi connectivity index (χ0n) is 9.33. The van der Waals surface area contributed by atoms with Gasteiger partial charge in [0, 0.05) is 14.5 Å². The standard InChI is InChI=1S/C12H18S2/c1-5-13-10-8-6-7-9-11(10)14-12(2,3)4/h6-9H,5H2,1-4H3. The average molecular weight is 226 g/mol. The highest BCUT2D eigenvalue weighted by atomic mass is 32.2. The van der Waals surface area contributed by atoms with Crippen LogP contribution in [0.3, 0.4) is 0 Å². The molecule has 1 aromatic carbocycles. The van der Waals surface area contributed by atoms with Crippen LogP contribution in [0.1, 0.15) is 27.7 Å². The van der Waals surface area contributed by atoms with E-state index in [1.807, 2.05) is 23.5 Å². The van der Waals surface area contributed by atoms with Crippen LogP contribution in [0.15, 0.2) is 34.1 Å². The highest BCUT2D eigenvalue weighted by Crippen LogP contribution is 2.37. The summed E-state index contributed by atoms with van der Waals surface area (Å²) in [6.45, 7) is 8.96. The summed E-state index contributed by atoms with van der Waals surface area (Å²) in [5.74, 6) is 1.14. The molecule has 0 nitrogen and oxygen atoms in total. The molecule has 0 aliphatic rings. The van der Waals surface area contributed by atoms with E-state index < -0.39 is 0 Å². The molecule has 0 spiro atoms. The van der Waals surface area contributed by atoms with Crippen LogP contribution in [-0.4, -0.2) is 10.5 Å². The molecule has 0 atom stereocenters. The van der Waals surface area contributed by atoms with E-state index in [2.05, 4.69) is 52.0 Å². The Bertz CT molecular complexity index is 287. The van der Waals surface area contributed by atoms with E-state index in [9.17, 15) is 0 Å². The first kappa shape index (κ1) is 12.0. The van der Waals surface area contributed by atoms with Gasteiger partial charge in [0.1, 0.15) is 0 Å². The lowest BCUT2D eigenvalue weighted by molar-refractivity contribution is 0.801. The van der Waals surface area contributed by atoms with Gasteiger partial charge in [-0.2, -0.15) is 0 Å². The van der Waals surface area contributed by atoms with Crippen LogP contribution in [0.4, 0.5) is 0 Å². The fraction of sp³-hybridized carbons (Fsp3) is 0.500. The molecule has 0 fully saturated rings. The quantitative estimate of drug-likeness (QED) is 0.686. The summed E-state index contributed by atoms with van der Waals surface area (Å²) in [5.41, 5.74) is 0. The Morgan fingerprint density at radius 1 is 1.07 bits per heavy atom. The Labute approximate surface area is 95.9 Å². The van der Waals surface area contributed by atoms with Crippen LogP contribution in [0.25, 0.3) is 0 Å². The summed E-state index contributed by atoms with van der Waals surface area (Å²) in [6, 6.07) is 8.66. The van der Waals surface area contributed by atoms with Gasteiger partial charge in [-0.3, -0.25) is 0 Å². The molecule has 0 saturated heterocycles. The van der Waals surface area contributed by atoms with Gasteiger partial charge < -0.3 is 0 Å². The van der Waals surface area contributed by atoms with Crippen molar-refractivity contribution < 1.29 is 0 Å². The molecule has 0 N–H and O–H groups in total. The Hall–Kier alpha value is -0.0800. The van der Waals surface area contributed by atoms with E-state index in [-0.39, 0.29) is 0 Å². The summed E-state index contributed by atoms with van der Waals surface area (Å²) in [7, 11) is 0. The largest absolute Gasteiger partial charge is 0.125 e. The molecule has 0 amide bonds. The van der Waals surface area contributed by atoms with Gasteiger partial charge in [-0.05, 0) is 17.9 Å². The maximum absolute atomic E-state index is 2.26. The third kappa shape index (κ3) is 3.97. The molecule has 0 saturated carbocycles. The van der Waals surface area contributed by atoms with Crippen molar-refractivity contribution in [3.63, 3.8) is 0 Å². The minimum atomic E-state index is 0.296. The summed E-state index contributed by atoms with van der Waals surface area (Å²) < 4.78 is 0.296. The second kappa shape index (κ2) is 5.13. The van der Waals surface area contributed by atoms with Crippen molar-refractivity contribution >= 4 is 23.5 Å². The van der Waals surface area contributed by atoms with Gasteiger partial charge in [0.2, 0.25) is 0 Å². The second-order valence-electron chi connectivity index (χ2n) is 4.09. The van der Waals surface area contributed by atoms with Gasteiger partial charge in [-0.25, -0.2) is 0 Å². The van der Waals surface area contributed by atoms with Crippen LogP contribution in [-0.2, 0) is 0 Å². The molecule has 0 aliphatic carbocycles. The van der Waals surface area contributed by atoms with Crippen molar-refractivity contribution in [2.75, 3.05) is 5.75 Å².